The molecule has 0 fully saturated rings. The Morgan fingerprint density at radius 2 is 1.55 bits per heavy atom. The summed E-state index contributed by atoms with van der Waals surface area (Å²) < 4.78 is 4.70. The lowest BCUT2D eigenvalue weighted by atomic mass is 10.1. The minimum atomic E-state index is -0.0428. The van der Waals surface area contributed by atoms with Crippen LogP contribution in [0, 0.1) is 0 Å². The zero-order valence-corrected chi connectivity index (χ0v) is 17.1. The number of halogens is 1. The van der Waals surface area contributed by atoms with E-state index in [1.165, 1.54) is 5.56 Å². The van der Waals surface area contributed by atoms with Gasteiger partial charge in [-0.05, 0) is 36.2 Å². The van der Waals surface area contributed by atoms with Crippen LogP contribution >= 0.6 is 15.9 Å². The number of hydrogen-bond acceptors (Lipinski definition) is 3. The molecular formula is C23H17BrN4O. The van der Waals surface area contributed by atoms with E-state index in [0.717, 1.165) is 27.8 Å². The topological polar surface area (TPSA) is 52.2 Å². The summed E-state index contributed by atoms with van der Waals surface area (Å²) in [6, 6.07) is 25.7. The first kappa shape index (κ1) is 17.8. The Morgan fingerprint density at radius 3 is 2.34 bits per heavy atom. The Hall–Kier alpha value is -3.25. The third-order valence-corrected chi connectivity index (χ3v) is 5.61. The molecule has 0 aliphatic heterocycles. The molecule has 5 aromatic rings. The van der Waals surface area contributed by atoms with Crippen LogP contribution in [0.15, 0.2) is 88.1 Å². The minimum Gasteiger partial charge on any atom is -0.276 e. The number of aryl methyl sites for hydroxylation is 2. The van der Waals surface area contributed by atoms with Gasteiger partial charge in [0.25, 0.3) is 5.56 Å². The van der Waals surface area contributed by atoms with Crippen LogP contribution in [-0.2, 0) is 13.0 Å². The normalized spacial score (nSPS) is 11.3. The highest BCUT2D eigenvalue weighted by Gasteiger charge is 2.17. The van der Waals surface area contributed by atoms with Crippen LogP contribution in [-0.4, -0.2) is 19.2 Å². The van der Waals surface area contributed by atoms with Crippen molar-refractivity contribution in [1.29, 1.82) is 0 Å². The third-order valence-electron chi connectivity index (χ3n) is 5.08. The average molecular weight is 445 g/mol. The van der Waals surface area contributed by atoms with Crippen molar-refractivity contribution in [2.45, 2.75) is 13.0 Å². The molecule has 0 aliphatic rings. The Balaban J connectivity index is 1.73. The zero-order valence-electron chi connectivity index (χ0n) is 15.5. The molecule has 29 heavy (non-hydrogen) atoms. The summed E-state index contributed by atoms with van der Waals surface area (Å²) in [5, 5.41) is 9.50. The smallest absolute Gasteiger partial charge is 0.262 e. The van der Waals surface area contributed by atoms with Gasteiger partial charge in [-0.2, -0.15) is 0 Å². The van der Waals surface area contributed by atoms with E-state index in [-0.39, 0.29) is 5.56 Å². The van der Waals surface area contributed by atoms with Gasteiger partial charge in [0.05, 0.1) is 10.9 Å². The number of rotatable bonds is 4. The number of fused-ring (bicyclic) bond motifs is 3. The molecule has 0 unspecified atom stereocenters. The molecular weight excluding hydrogens is 428 g/mol. The van der Waals surface area contributed by atoms with Gasteiger partial charge in [-0.15, -0.1) is 10.2 Å². The Labute approximate surface area is 175 Å². The van der Waals surface area contributed by atoms with Gasteiger partial charge in [-0.1, -0.05) is 70.5 Å². The van der Waals surface area contributed by atoms with E-state index < -0.39 is 0 Å². The van der Waals surface area contributed by atoms with Crippen LogP contribution in [0.5, 0.6) is 0 Å². The molecule has 5 nitrogen and oxygen atoms in total. The van der Waals surface area contributed by atoms with Gasteiger partial charge in [0.15, 0.2) is 5.82 Å². The van der Waals surface area contributed by atoms with Crippen molar-refractivity contribution in [3.63, 3.8) is 0 Å². The molecule has 0 saturated carbocycles. The largest absolute Gasteiger partial charge is 0.276 e. The number of para-hydroxylation sites is 1. The van der Waals surface area contributed by atoms with Gasteiger partial charge in [0.2, 0.25) is 5.78 Å². The molecule has 0 aliphatic carbocycles. The maximum atomic E-state index is 13.2. The highest BCUT2D eigenvalue weighted by atomic mass is 79.9. The summed E-state index contributed by atoms with van der Waals surface area (Å²) in [5.41, 5.74) is 2.89. The molecule has 0 radical (unpaired) electrons. The minimum absolute atomic E-state index is 0.0428. The first-order valence-corrected chi connectivity index (χ1v) is 10.2. The van der Waals surface area contributed by atoms with Crippen LogP contribution in [0.2, 0.25) is 0 Å². The van der Waals surface area contributed by atoms with Crippen molar-refractivity contribution in [1.82, 2.24) is 19.2 Å². The van der Waals surface area contributed by atoms with E-state index in [1.54, 1.807) is 4.57 Å². The van der Waals surface area contributed by atoms with E-state index in [9.17, 15) is 4.79 Å². The van der Waals surface area contributed by atoms with Crippen molar-refractivity contribution in [3.8, 4) is 11.4 Å². The van der Waals surface area contributed by atoms with Crippen LogP contribution in [0.1, 0.15) is 5.56 Å². The molecule has 3 aromatic carbocycles. The first-order chi connectivity index (χ1) is 14.2. The van der Waals surface area contributed by atoms with E-state index in [0.29, 0.717) is 17.7 Å². The number of nitrogens with zero attached hydrogens (tertiary/aromatic N) is 4. The fraction of sp³-hybridized carbons (Fsp3) is 0.0870. The van der Waals surface area contributed by atoms with Gasteiger partial charge < -0.3 is 0 Å². The first-order valence-electron chi connectivity index (χ1n) is 9.39. The van der Waals surface area contributed by atoms with Crippen molar-refractivity contribution >= 4 is 32.6 Å². The van der Waals surface area contributed by atoms with Crippen molar-refractivity contribution in [3.05, 3.63) is 99.3 Å². The molecule has 2 aromatic heterocycles. The highest BCUT2D eigenvalue weighted by molar-refractivity contribution is 9.10. The van der Waals surface area contributed by atoms with E-state index in [2.05, 4.69) is 38.3 Å². The van der Waals surface area contributed by atoms with E-state index in [4.69, 9.17) is 0 Å². The molecule has 6 heteroatoms. The summed E-state index contributed by atoms with van der Waals surface area (Å²) in [5.74, 6) is 1.28. The Bertz CT molecular complexity index is 1370. The molecule has 142 valence electrons. The monoisotopic (exact) mass is 444 g/mol. The molecule has 0 atom stereocenters. The van der Waals surface area contributed by atoms with Crippen LogP contribution < -0.4 is 5.56 Å². The number of aromatic nitrogens is 4. The van der Waals surface area contributed by atoms with Crippen molar-refractivity contribution in [2.24, 2.45) is 0 Å². The molecule has 0 amide bonds. The van der Waals surface area contributed by atoms with Crippen LogP contribution in [0.4, 0.5) is 0 Å². The maximum absolute atomic E-state index is 13.2. The molecule has 5 rings (SSSR count). The lowest BCUT2D eigenvalue weighted by molar-refractivity contribution is 0.678. The van der Waals surface area contributed by atoms with Crippen LogP contribution in [0.25, 0.3) is 28.1 Å². The van der Waals surface area contributed by atoms with Gasteiger partial charge in [0, 0.05) is 16.6 Å². The quantitative estimate of drug-likeness (QED) is 0.403. The molecule has 0 saturated heterocycles. The lowest BCUT2D eigenvalue weighted by Gasteiger charge is -2.11. The average Bonchev–Trinajstić information content (AvgIpc) is 3.20. The SMILES string of the molecule is O=c1c2ccccc2n2c(-c3ccc(Br)cc3)nnc2n1CCc1ccccc1. The van der Waals surface area contributed by atoms with Crippen LogP contribution in [0.3, 0.4) is 0 Å². The van der Waals surface area contributed by atoms with Gasteiger partial charge in [0.1, 0.15) is 0 Å². The maximum Gasteiger partial charge on any atom is 0.262 e. The standard InChI is InChI=1S/C23H17BrN4O/c24-18-12-10-17(11-13-18)21-25-26-23-27(15-14-16-6-2-1-3-7-16)22(29)19-8-4-5-9-20(19)28(21)23/h1-13H,14-15H2. The fourth-order valence-corrected chi connectivity index (χ4v) is 3.90. The van der Waals surface area contributed by atoms with E-state index in [1.807, 2.05) is 71.1 Å². The number of hydrogen-bond donors (Lipinski definition) is 0. The Kier molecular flexibility index (Phi) is 4.48. The lowest BCUT2D eigenvalue weighted by Crippen LogP contribution is -2.24. The highest BCUT2D eigenvalue weighted by Crippen LogP contribution is 2.24. The second-order valence-electron chi connectivity index (χ2n) is 6.88. The fourth-order valence-electron chi connectivity index (χ4n) is 3.63. The van der Waals surface area contributed by atoms with Crippen molar-refractivity contribution in [2.75, 3.05) is 0 Å². The second-order valence-corrected chi connectivity index (χ2v) is 7.79. The summed E-state index contributed by atoms with van der Waals surface area (Å²) >= 11 is 3.47. The number of benzene rings is 3. The zero-order chi connectivity index (χ0) is 19.8. The van der Waals surface area contributed by atoms with E-state index >= 15 is 0 Å². The molecule has 2 heterocycles. The second kappa shape index (κ2) is 7.29. The molecule has 0 N–H and O–H groups in total. The predicted octanol–water partition coefficient (Wildman–Crippen LogP) is 4.72. The van der Waals surface area contributed by atoms with Gasteiger partial charge in [-0.25, -0.2) is 0 Å². The third kappa shape index (κ3) is 3.15. The van der Waals surface area contributed by atoms with Gasteiger partial charge >= 0.3 is 0 Å². The summed E-state index contributed by atoms with van der Waals surface area (Å²) in [7, 11) is 0. The molecule has 0 bridgehead atoms. The summed E-state index contributed by atoms with van der Waals surface area (Å²) in [6.45, 7) is 0.537. The summed E-state index contributed by atoms with van der Waals surface area (Å²) in [4.78, 5) is 13.2. The summed E-state index contributed by atoms with van der Waals surface area (Å²) in [6.07, 6.45) is 0.745. The molecule has 0 spiro atoms. The predicted molar refractivity (Wildman–Crippen MR) is 118 cm³/mol. The van der Waals surface area contributed by atoms with Crippen molar-refractivity contribution < 1.29 is 0 Å². The Morgan fingerprint density at radius 1 is 0.828 bits per heavy atom. The van der Waals surface area contributed by atoms with Gasteiger partial charge in [-0.3, -0.25) is 13.8 Å².